The van der Waals surface area contributed by atoms with Crippen molar-refractivity contribution in [3.05, 3.63) is 35.1 Å². The lowest BCUT2D eigenvalue weighted by atomic mass is 10.1. The topological polar surface area (TPSA) is 35.2 Å². The van der Waals surface area contributed by atoms with E-state index >= 15 is 0 Å². The van der Waals surface area contributed by atoms with E-state index in [1.165, 1.54) is 12.1 Å². The molecule has 1 rings (SSSR count). The second-order valence-corrected chi connectivity index (χ2v) is 3.41. The van der Waals surface area contributed by atoms with Gasteiger partial charge in [0.2, 0.25) is 0 Å². The smallest absolute Gasteiger partial charge is 0.124 e. The number of ether oxygens (including phenoxy) is 1. The molecule has 0 saturated carbocycles. The quantitative estimate of drug-likeness (QED) is 0.624. The van der Waals surface area contributed by atoms with Crippen LogP contribution < -0.4 is 5.73 Å². The van der Waals surface area contributed by atoms with Gasteiger partial charge in [0.25, 0.3) is 0 Å². The maximum absolute atomic E-state index is 13.2. The van der Waals surface area contributed by atoms with Crippen LogP contribution in [0.4, 0.5) is 4.39 Å². The van der Waals surface area contributed by atoms with Crippen LogP contribution in [0.2, 0.25) is 0 Å². The molecule has 0 fully saturated rings. The van der Waals surface area contributed by atoms with Gasteiger partial charge in [-0.3, -0.25) is 0 Å². The molecule has 0 amide bonds. The van der Waals surface area contributed by atoms with Crippen LogP contribution in [0.3, 0.4) is 0 Å². The normalized spacial score (nSPS) is 9.69. The number of hydrogen-bond acceptors (Lipinski definition) is 2. The van der Waals surface area contributed by atoms with Crippen molar-refractivity contribution in [2.45, 2.75) is 20.0 Å². The highest BCUT2D eigenvalue weighted by Gasteiger charge is 1.99. The van der Waals surface area contributed by atoms with Crippen LogP contribution in [0.25, 0.3) is 0 Å². The van der Waals surface area contributed by atoms with Gasteiger partial charge in [0.15, 0.2) is 0 Å². The van der Waals surface area contributed by atoms with Crippen LogP contribution in [-0.2, 0) is 11.3 Å². The van der Waals surface area contributed by atoms with Crippen molar-refractivity contribution in [1.82, 2.24) is 0 Å². The van der Waals surface area contributed by atoms with Crippen LogP contribution >= 0.6 is 0 Å². The molecule has 0 radical (unpaired) electrons. The second kappa shape index (κ2) is 7.00. The molecule has 0 saturated heterocycles. The summed E-state index contributed by atoms with van der Waals surface area (Å²) in [6, 6.07) is 4.68. The average molecular weight is 221 g/mol. The van der Waals surface area contributed by atoms with Gasteiger partial charge >= 0.3 is 0 Å². The number of nitrogens with two attached hydrogens (primary N) is 1. The summed E-state index contributed by atoms with van der Waals surface area (Å²) < 4.78 is 18.6. The van der Waals surface area contributed by atoms with Crippen molar-refractivity contribution in [2.24, 2.45) is 5.73 Å². The van der Waals surface area contributed by atoms with E-state index < -0.39 is 0 Å². The molecule has 0 heterocycles. The molecule has 0 spiro atoms. The molecule has 1 aromatic rings. The molecule has 16 heavy (non-hydrogen) atoms. The maximum atomic E-state index is 13.2. The van der Waals surface area contributed by atoms with Gasteiger partial charge in [-0.2, -0.15) is 0 Å². The van der Waals surface area contributed by atoms with Gasteiger partial charge in [-0.05, 0) is 30.2 Å². The molecule has 0 aliphatic heterocycles. The molecule has 2 N–H and O–H groups in total. The maximum Gasteiger partial charge on any atom is 0.124 e. The Morgan fingerprint density at radius 2 is 2.19 bits per heavy atom. The predicted octanol–water partition coefficient (Wildman–Crippen LogP) is 2.06. The molecular weight excluding hydrogens is 205 g/mol. The molecule has 0 aliphatic carbocycles. The van der Waals surface area contributed by atoms with Gasteiger partial charge in [-0.1, -0.05) is 18.8 Å². The predicted molar refractivity (Wildman–Crippen MR) is 62.3 cm³/mol. The first-order chi connectivity index (χ1) is 7.76. The van der Waals surface area contributed by atoms with Crippen molar-refractivity contribution in [2.75, 3.05) is 13.2 Å². The Kier molecular flexibility index (Phi) is 5.55. The summed E-state index contributed by atoms with van der Waals surface area (Å²) >= 11 is 0. The van der Waals surface area contributed by atoms with E-state index in [1.807, 2.05) is 13.0 Å². The van der Waals surface area contributed by atoms with Crippen molar-refractivity contribution < 1.29 is 9.13 Å². The van der Waals surface area contributed by atoms with Gasteiger partial charge in [0.05, 0.1) is 13.2 Å². The van der Waals surface area contributed by atoms with Crippen molar-refractivity contribution in [3.63, 3.8) is 0 Å². The number of rotatable bonds is 4. The zero-order valence-corrected chi connectivity index (χ0v) is 9.42. The van der Waals surface area contributed by atoms with Gasteiger partial charge < -0.3 is 10.5 Å². The highest BCUT2D eigenvalue weighted by molar-refractivity contribution is 5.37. The van der Waals surface area contributed by atoms with Gasteiger partial charge in [-0.15, -0.1) is 0 Å². The fourth-order valence-corrected chi connectivity index (χ4v) is 1.29. The summed E-state index contributed by atoms with van der Waals surface area (Å²) in [6.07, 6.45) is 0.954. The molecule has 0 bridgehead atoms. The fourth-order valence-electron chi connectivity index (χ4n) is 1.29. The number of hydrogen-bond donors (Lipinski definition) is 1. The molecule has 0 aromatic heterocycles. The molecule has 2 nitrogen and oxygen atoms in total. The van der Waals surface area contributed by atoms with E-state index in [9.17, 15) is 4.39 Å². The average Bonchev–Trinajstić information content (AvgIpc) is 2.26. The Balaban J connectivity index is 2.73. The lowest BCUT2D eigenvalue weighted by Crippen LogP contribution is -1.96. The molecule has 1 aromatic carbocycles. The Bertz CT molecular complexity index is 393. The minimum Gasteiger partial charge on any atom is -0.377 e. The second-order valence-electron chi connectivity index (χ2n) is 3.41. The Hall–Kier alpha value is -1.37. The van der Waals surface area contributed by atoms with E-state index in [2.05, 4.69) is 11.8 Å². The fraction of sp³-hybridized carbons (Fsp3) is 0.385. The van der Waals surface area contributed by atoms with Gasteiger partial charge in [0, 0.05) is 12.2 Å². The van der Waals surface area contributed by atoms with E-state index in [1.54, 1.807) is 0 Å². The Morgan fingerprint density at radius 1 is 1.38 bits per heavy atom. The number of benzene rings is 1. The highest BCUT2D eigenvalue weighted by atomic mass is 19.1. The lowest BCUT2D eigenvalue weighted by Gasteiger charge is -2.03. The van der Waals surface area contributed by atoms with Crippen molar-refractivity contribution >= 4 is 0 Å². The summed E-state index contributed by atoms with van der Waals surface area (Å²) in [4.78, 5) is 0. The Morgan fingerprint density at radius 3 is 2.88 bits per heavy atom. The van der Waals surface area contributed by atoms with Gasteiger partial charge in [-0.25, -0.2) is 4.39 Å². The minimum atomic E-state index is -0.293. The van der Waals surface area contributed by atoms with Crippen LogP contribution in [0.15, 0.2) is 18.2 Å². The summed E-state index contributed by atoms with van der Waals surface area (Å²) in [5.41, 5.74) is 6.70. The molecule has 0 unspecified atom stereocenters. The Labute approximate surface area is 95.6 Å². The monoisotopic (exact) mass is 221 g/mol. The largest absolute Gasteiger partial charge is 0.377 e. The third-order valence-corrected chi connectivity index (χ3v) is 1.91. The van der Waals surface area contributed by atoms with E-state index in [0.29, 0.717) is 18.8 Å². The molecule has 3 heteroatoms. The first-order valence-electron chi connectivity index (χ1n) is 5.32. The van der Waals surface area contributed by atoms with E-state index in [4.69, 9.17) is 10.5 Å². The van der Waals surface area contributed by atoms with Crippen LogP contribution in [0.5, 0.6) is 0 Å². The molecule has 0 atom stereocenters. The zero-order valence-electron chi connectivity index (χ0n) is 9.42. The third kappa shape index (κ3) is 4.43. The molecule has 86 valence electrons. The van der Waals surface area contributed by atoms with E-state index in [0.717, 1.165) is 12.0 Å². The van der Waals surface area contributed by atoms with Gasteiger partial charge in [0.1, 0.15) is 5.82 Å². The minimum absolute atomic E-state index is 0.276. The van der Waals surface area contributed by atoms with Crippen LogP contribution in [-0.4, -0.2) is 13.2 Å². The molecule has 0 aliphatic rings. The van der Waals surface area contributed by atoms with Crippen LogP contribution in [0, 0.1) is 17.7 Å². The molecular formula is C13H16FNO. The summed E-state index contributed by atoms with van der Waals surface area (Å²) in [6.45, 7) is 3.41. The highest BCUT2D eigenvalue weighted by Crippen LogP contribution is 2.09. The SMILES string of the molecule is CCCOCc1cc(F)cc(C#CCN)c1. The third-order valence-electron chi connectivity index (χ3n) is 1.91. The zero-order chi connectivity index (χ0) is 11.8. The van der Waals surface area contributed by atoms with Crippen molar-refractivity contribution in [1.29, 1.82) is 0 Å². The van der Waals surface area contributed by atoms with E-state index in [-0.39, 0.29) is 12.4 Å². The number of halogens is 1. The first-order valence-corrected chi connectivity index (χ1v) is 5.32. The van der Waals surface area contributed by atoms with Crippen LogP contribution in [0.1, 0.15) is 24.5 Å². The summed E-state index contributed by atoms with van der Waals surface area (Å²) in [5.74, 6) is 5.21. The first kappa shape index (κ1) is 12.7. The summed E-state index contributed by atoms with van der Waals surface area (Å²) in [7, 11) is 0. The summed E-state index contributed by atoms with van der Waals surface area (Å²) in [5, 5.41) is 0. The van der Waals surface area contributed by atoms with Crippen molar-refractivity contribution in [3.8, 4) is 11.8 Å². The standard InChI is InChI=1S/C13H16FNO/c1-2-6-16-10-12-7-11(4-3-5-15)8-13(14)9-12/h7-9H,2,5-6,10,15H2,1H3. The lowest BCUT2D eigenvalue weighted by molar-refractivity contribution is 0.121.